The molecule has 172 valence electrons. The molecule has 2 aliphatic rings. The summed E-state index contributed by atoms with van der Waals surface area (Å²) in [6.07, 6.45) is 1.94. The zero-order valence-electron chi connectivity index (χ0n) is 18.4. The van der Waals surface area contributed by atoms with Crippen molar-refractivity contribution in [3.05, 3.63) is 47.2 Å². The highest BCUT2D eigenvalue weighted by atomic mass is 19.1. The number of rotatable bonds is 7. The predicted octanol–water partition coefficient (Wildman–Crippen LogP) is 2.42. The number of halogens is 1. The van der Waals surface area contributed by atoms with Crippen molar-refractivity contribution in [2.24, 2.45) is 0 Å². The Kier molecular flexibility index (Phi) is 7.89. The van der Waals surface area contributed by atoms with Crippen LogP contribution in [0, 0.1) is 12.4 Å². The van der Waals surface area contributed by atoms with Crippen LogP contribution in [0.4, 0.5) is 25.4 Å². The van der Waals surface area contributed by atoms with E-state index in [9.17, 15) is 14.0 Å². The summed E-state index contributed by atoms with van der Waals surface area (Å²) in [5, 5.41) is 5.42. The third-order valence-electron chi connectivity index (χ3n) is 5.45. The van der Waals surface area contributed by atoms with Gasteiger partial charge in [-0.1, -0.05) is 5.57 Å². The van der Waals surface area contributed by atoms with Crippen LogP contribution in [-0.2, 0) is 4.74 Å². The average molecular weight is 445 g/mol. The monoisotopic (exact) mass is 444 g/mol. The molecule has 0 spiro atoms. The molecule has 3 rings (SSSR count). The average Bonchev–Trinajstić information content (AvgIpc) is 3.13. The number of cyclic esters (lactones) is 1. The molecule has 0 aromatic heterocycles. The Hall–Kier alpha value is -3.32. The number of carbonyl (C=O) groups excluding carboxylic acids is 2. The van der Waals surface area contributed by atoms with E-state index in [1.165, 1.54) is 11.0 Å². The minimum Gasteiger partial charge on any atom is -0.442 e. The van der Waals surface area contributed by atoms with E-state index in [1.54, 1.807) is 18.3 Å². The number of ether oxygens (including phenoxy) is 1. The zero-order chi connectivity index (χ0) is 23.1. The summed E-state index contributed by atoms with van der Waals surface area (Å²) in [6.45, 7) is 9.84. The summed E-state index contributed by atoms with van der Waals surface area (Å²) in [5.41, 5.74) is 1.98. The van der Waals surface area contributed by atoms with Gasteiger partial charge < -0.3 is 25.2 Å². The Balaban J connectivity index is 1.53. The fourth-order valence-electron chi connectivity index (χ4n) is 3.68. The minimum absolute atomic E-state index is 0.171. The number of carbonyl (C=O) groups is 2. The topological polar surface area (TPSA) is 81.5 Å². The van der Waals surface area contributed by atoms with Crippen LogP contribution < -0.4 is 20.4 Å². The fourth-order valence-corrected chi connectivity index (χ4v) is 3.68. The first kappa shape index (κ1) is 23.3. The molecule has 0 saturated carbocycles. The maximum absolute atomic E-state index is 14.8. The Morgan fingerprint density at radius 3 is 2.75 bits per heavy atom. The van der Waals surface area contributed by atoms with E-state index in [2.05, 4.69) is 15.5 Å². The summed E-state index contributed by atoms with van der Waals surface area (Å²) in [4.78, 5) is 32.7. The maximum Gasteiger partial charge on any atom is 0.414 e. The molecule has 32 heavy (non-hydrogen) atoms. The van der Waals surface area contributed by atoms with Gasteiger partial charge >= 0.3 is 12.1 Å². The number of anilines is 2. The van der Waals surface area contributed by atoms with Gasteiger partial charge in [-0.3, -0.25) is 4.90 Å². The van der Waals surface area contributed by atoms with E-state index in [0.29, 0.717) is 31.0 Å². The van der Waals surface area contributed by atoms with E-state index in [1.807, 2.05) is 23.9 Å². The lowest BCUT2D eigenvalue weighted by atomic mass is 10.0. The van der Waals surface area contributed by atoms with E-state index in [0.717, 1.165) is 25.0 Å². The lowest BCUT2D eigenvalue weighted by molar-refractivity contribution is 0.140. The molecule has 1 aromatic carbocycles. The molecule has 2 aliphatic heterocycles. The van der Waals surface area contributed by atoms with Gasteiger partial charge in [-0.15, -0.1) is 0 Å². The van der Waals surface area contributed by atoms with Crippen LogP contribution >= 0.6 is 0 Å². The van der Waals surface area contributed by atoms with Gasteiger partial charge in [-0.25, -0.2) is 18.8 Å². The van der Waals surface area contributed by atoms with Crippen molar-refractivity contribution in [1.29, 1.82) is 0 Å². The second-order valence-electron chi connectivity index (χ2n) is 8.10. The predicted molar refractivity (Wildman–Crippen MR) is 120 cm³/mol. The van der Waals surface area contributed by atoms with Gasteiger partial charge in [-0.2, -0.15) is 0 Å². The van der Waals surface area contributed by atoms with Crippen LogP contribution in [0.25, 0.3) is 4.85 Å². The van der Waals surface area contributed by atoms with Crippen molar-refractivity contribution < 1.29 is 18.7 Å². The number of nitrogens with zero attached hydrogens (tertiary/aromatic N) is 4. The van der Waals surface area contributed by atoms with E-state index < -0.39 is 18.0 Å². The molecule has 2 N–H and O–H groups in total. The van der Waals surface area contributed by atoms with Crippen LogP contribution in [0.2, 0.25) is 0 Å². The van der Waals surface area contributed by atoms with Gasteiger partial charge in [0, 0.05) is 26.2 Å². The molecular weight excluding hydrogens is 415 g/mol. The highest BCUT2D eigenvalue weighted by Crippen LogP contribution is 2.30. The van der Waals surface area contributed by atoms with Gasteiger partial charge in [0.05, 0.1) is 31.0 Å². The quantitative estimate of drug-likeness (QED) is 0.632. The van der Waals surface area contributed by atoms with Gasteiger partial charge in [0.2, 0.25) is 0 Å². The van der Waals surface area contributed by atoms with E-state index in [-0.39, 0.29) is 19.1 Å². The molecule has 0 radical (unpaired) electrons. The SMILES string of the molecule is [C-]#[N+]C=C1CCN(c2ccc(N3C[C@H](CNC(=O)NCCN(C)C)OC3=O)cc2F)CC1. The maximum atomic E-state index is 14.8. The highest BCUT2D eigenvalue weighted by molar-refractivity contribution is 5.90. The summed E-state index contributed by atoms with van der Waals surface area (Å²) in [6, 6.07) is 4.39. The smallest absolute Gasteiger partial charge is 0.414 e. The molecule has 3 amide bonds. The zero-order valence-corrected chi connectivity index (χ0v) is 18.4. The molecule has 1 atom stereocenters. The summed E-state index contributed by atoms with van der Waals surface area (Å²) in [5.74, 6) is -0.408. The largest absolute Gasteiger partial charge is 0.442 e. The number of benzene rings is 1. The molecule has 2 saturated heterocycles. The van der Waals surface area contributed by atoms with Crippen molar-refractivity contribution in [2.75, 3.05) is 63.2 Å². The van der Waals surface area contributed by atoms with Crippen LogP contribution in [-0.4, -0.2) is 76.5 Å². The van der Waals surface area contributed by atoms with Gasteiger partial charge in [-0.05, 0) is 45.1 Å². The molecule has 9 nitrogen and oxygen atoms in total. The Morgan fingerprint density at radius 2 is 2.09 bits per heavy atom. The Morgan fingerprint density at radius 1 is 1.34 bits per heavy atom. The number of hydrogen-bond donors (Lipinski definition) is 2. The summed E-state index contributed by atoms with van der Waals surface area (Å²) in [7, 11) is 3.83. The Labute approximate surface area is 187 Å². The third-order valence-corrected chi connectivity index (χ3v) is 5.45. The second kappa shape index (κ2) is 10.8. The normalized spacial score (nSPS) is 18.4. The van der Waals surface area contributed by atoms with Crippen LogP contribution in [0.15, 0.2) is 30.0 Å². The van der Waals surface area contributed by atoms with Gasteiger partial charge in [0.1, 0.15) is 11.9 Å². The molecule has 0 bridgehead atoms. The van der Waals surface area contributed by atoms with Crippen molar-refractivity contribution in [3.63, 3.8) is 0 Å². The summed E-state index contributed by atoms with van der Waals surface area (Å²) < 4.78 is 20.1. The van der Waals surface area contributed by atoms with Crippen LogP contribution in [0.3, 0.4) is 0 Å². The minimum atomic E-state index is -0.566. The van der Waals surface area contributed by atoms with Gasteiger partial charge in [0.25, 0.3) is 0 Å². The third kappa shape index (κ3) is 6.11. The first-order valence-corrected chi connectivity index (χ1v) is 10.6. The van der Waals surface area contributed by atoms with Crippen molar-refractivity contribution in [1.82, 2.24) is 15.5 Å². The number of piperidine rings is 1. The number of hydrogen-bond acceptors (Lipinski definition) is 5. The lowest BCUT2D eigenvalue weighted by Crippen LogP contribution is -2.42. The first-order valence-electron chi connectivity index (χ1n) is 10.6. The van der Waals surface area contributed by atoms with Crippen LogP contribution in [0.1, 0.15) is 12.8 Å². The molecular formula is C22H29FN6O3. The second-order valence-corrected chi connectivity index (χ2v) is 8.10. The van der Waals surface area contributed by atoms with Crippen molar-refractivity contribution in [3.8, 4) is 0 Å². The van der Waals surface area contributed by atoms with Crippen molar-refractivity contribution >= 4 is 23.5 Å². The molecule has 2 fully saturated rings. The number of nitrogens with one attached hydrogen (secondary N) is 2. The molecule has 1 aromatic rings. The molecule has 10 heteroatoms. The molecule has 0 unspecified atom stereocenters. The number of likely N-dealkylation sites (N-methyl/N-ethyl adjacent to an activating group) is 1. The first-order chi connectivity index (χ1) is 15.4. The number of amides is 3. The van der Waals surface area contributed by atoms with E-state index >= 15 is 0 Å². The highest BCUT2D eigenvalue weighted by Gasteiger charge is 2.33. The standard InChI is InChI=1S/C22H29FN6O3/c1-24-13-16-6-9-28(10-7-16)20-5-4-17(12-19(20)23)29-15-18(32-22(29)31)14-26-21(30)25-8-11-27(2)3/h4-5,12-13,18H,6-11,14-15H2,2-3H3,(H2,25,26,30)/t18-/m0/s1. The van der Waals surface area contributed by atoms with Gasteiger partial charge in [0.15, 0.2) is 6.20 Å². The summed E-state index contributed by atoms with van der Waals surface area (Å²) >= 11 is 0. The lowest BCUT2D eigenvalue weighted by Gasteiger charge is -2.31. The fraction of sp³-hybridized carbons (Fsp3) is 0.500. The van der Waals surface area contributed by atoms with Crippen molar-refractivity contribution in [2.45, 2.75) is 18.9 Å². The number of urea groups is 1. The Bertz CT molecular complexity index is 903. The molecule has 0 aliphatic carbocycles. The van der Waals surface area contributed by atoms with Crippen LogP contribution in [0.5, 0.6) is 0 Å². The van der Waals surface area contributed by atoms with E-state index in [4.69, 9.17) is 11.3 Å². The molecule has 2 heterocycles.